The SMILES string of the molecule is CC(C)OCCOc1ccc([N+](=O)[O-])cc1O. The van der Waals surface area contributed by atoms with E-state index in [1.165, 1.54) is 12.1 Å². The quantitative estimate of drug-likeness (QED) is 0.468. The first kappa shape index (κ1) is 13.2. The molecular weight excluding hydrogens is 226 g/mol. The second-order valence-electron chi connectivity index (χ2n) is 3.68. The number of aromatic hydroxyl groups is 1. The molecule has 0 aliphatic heterocycles. The van der Waals surface area contributed by atoms with Crippen molar-refractivity contribution in [3.63, 3.8) is 0 Å². The minimum Gasteiger partial charge on any atom is -0.504 e. The van der Waals surface area contributed by atoms with Gasteiger partial charge in [-0.25, -0.2) is 0 Å². The molecule has 1 N–H and O–H groups in total. The Bertz CT molecular complexity index is 391. The van der Waals surface area contributed by atoms with Crippen molar-refractivity contribution >= 4 is 5.69 Å². The summed E-state index contributed by atoms with van der Waals surface area (Å²) in [6.07, 6.45) is 0.115. The van der Waals surface area contributed by atoms with Crippen LogP contribution in [0.15, 0.2) is 18.2 Å². The van der Waals surface area contributed by atoms with E-state index in [1.54, 1.807) is 0 Å². The van der Waals surface area contributed by atoms with Gasteiger partial charge in [-0.3, -0.25) is 10.1 Å². The summed E-state index contributed by atoms with van der Waals surface area (Å²) in [7, 11) is 0. The zero-order valence-electron chi connectivity index (χ0n) is 9.75. The summed E-state index contributed by atoms with van der Waals surface area (Å²) in [6, 6.07) is 3.69. The van der Waals surface area contributed by atoms with E-state index >= 15 is 0 Å². The monoisotopic (exact) mass is 241 g/mol. The fourth-order valence-electron chi connectivity index (χ4n) is 1.18. The number of ether oxygens (including phenoxy) is 2. The van der Waals surface area contributed by atoms with Crippen molar-refractivity contribution in [1.82, 2.24) is 0 Å². The second kappa shape index (κ2) is 6.05. The molecule has 0 amide bonds. The van der Waals surface area contributed by atoms with Crippen molar-refractivity contribution in [2.45, 2.75) is 20.0 Å². The molecule has 94 valence electrons. The third-order valence-corrected chi connectivity index (χ3v) is 1.95. The van der Waals surface area contributed by atoms with Crippen LogP contribution in [0.5, 0.6) is 11.5 Å². The molecule has 1 rings (SSSR count). The maximum atomic E-state index is 10.4. The van der Waals surface area contributed by atoms with Gasteiger partial charge in [0.15, 0.2) is 11.5 Å². The van der Waals surface area contributed by atoms with E-state index in [2.05, 4.69) is 0 Å². The molecule has 0 saturated carbocycles. The van der Waals surface area contributed by atoms with Gasteiger partial charge in [0.25, 0.3) is 5.69 Å². The first-order chi connectivity index (χ1) is 8.00. The summed E-state index contributed by atoms with van der Waals surface area (Å²) in [5, 5.41) is 19.9. The van der Waals surface area contributed by atoms with Gasteiger partial charge in [-0.05, 0) is 19.9 Å². The predicted molar refractivity (Wildman–Crippen MR) is 61.3 cm³/mol. The Labute approximate surface area is 98.9 Å². The summed E-state index contributed by atoms with van der Waals surface area (Å²) in [5.41, 5.74) is -0.173. The highest BCUT2D eigenvalue weighted by Gasteiger charge is 2.10. The van der Waals surface area contributed by atoms with E-state index in [9.17, 15) is 15.2 Å². The van der Waals surface area contributed by atoms with Crippen LogP contribution in [0.2, 0.25) is 0 Å². The van der Waals surface area contributed by atoms with Gasteiger partial charge in [0.1, 0.15) is 6.61 Å². The first-order valence-electron chi connectivity index (χ1n) is 5.22. The molecule has 0 spiro atoms. The molecular formula is C11H15NO5. The number of hydrogen-bond donors (Lipinski definition) is 1. The lowest BCUT2D eigenvalue weighted by Gasteiger charge is -2.10. The largest absolute Gasteiger partial charge is 0.504 e. The molecule has 0 saturated heterocycles. The van der Waals surface area contributed by atoms with Crippen molar-refractivity contribution in [2.24, 2.45) is 0 Å². The van der Waals surface area contributed by atoms with E-state index in [-0.39, 0.29) is 29.9 Å². The number of hydrogen-bond acceptors (Lipinski definition) is 5. The summed E-state index contributed by atoms with van der Waals surface area (Å²) < 4.78 is 10.5. The van der Waals surface area contributed by atoms with Crippen LogP contribution in [0.1, 0.15) is 13.8 Å². The lowest BCUT2D eigenvalue weighted by atomic mass is 10.3. The van der Waals surface area contributed by atoms with Crippen LogP contribution in [0.4, 0.5) is 5.69 Å². The van der Waals surface area contributed by atoms with Gasteiger partial charge >= 0.3 is 0 Å². The Morgan fingerprint density at radius 2 is 2.12 bits per heavy atom. The van der Waals surface area contributed by atoms with Gasteiger partial charge < -0.3 is 14.6 Å². The third-order valence-electron chi connectivity index (χ3n) is 1.95. The Morgan fingerprint density at radius 1 is 1.41 bits per heavy atom. The number of nitro groups is 1. The molecule has 0 radical (unpaired) electrons. The Hall–Kier alpha value is -1.82. The summed E-state index contributed by atoms with van der Waals surface area (Å²) in [6.45, 7) is 4.49. The Kier molecular flexibility index (Phi) is 4.71. The van der Waals surface area contributed by atoms with Crippen LogP contribution >= 0.6 is 0 Å². The van der Waals surface area contributed by atoms with Crippen molar-refractivity contribution in [3.8, 4) is 11.5 Å². The molecule has 17 heavy (non-hydrogen) atoms. The van der Waals surface area contributed by atoms with Crippen molar-refractivity contribution < 1.29 is 19.5 Å². The molecule has 0 unspecified atom stereocenters. The molecule has 1 aromatic rings. The van der Waals surface area contributed by atoms with E-state index in [0.717, 1.165) is 6.07 Å². The van der Waals surface area contributed by atoms with Crippen LogP contribution in [0.3, 0.4) is 0 Å². The maximum Gasteiger partial charge on any atom is 0.273 e. The molecule has 0 fully saturated rings. The summed E-state index contributed by atoms with van der Waals surface area (Å²) in [4.78, 5) is 9.86. The van der Waals surface area contributed by atoms with Gasteiger partial charge in [-0.15, -0.1) is 0 Å². The second-order valence-corrected chi connectivity index (χ2v) is 3.68. The number of phenolic OH excluding ortho intramolecular Hbond substituents is 1. The lowest BCUT2D eigenvalue weighted by Crippen LogP contribution is -2.11. The highest BCUT2D eigenvalue weighted by atomic mass is 16.6. The lowest BCUT2D eigenvalue weighted by molar-refractivity contribution is -0.385. The molecule has 6 nitrogen and oxygen atoms in total. The topological polar surface area (TPSA) is 81.8 Å². The number of phenols is 1. The van der Waals surface area contributed by atoms with Gasteiger partial charge in [-0.2, -0.15) is 0 Å². The van der Waals surface area contributed by atoms with Crippen LogP contribution in [-0.2, 0) is 4.74 Å². The standard InChI is InChI=1S/C11H15NO5/c1-8(2)16-5-6-17-11-4-3-9(12(14)15)7-10(11)13/h3-4,7-8,13H,5-6H2,1-2H3. The average molecular weight is 241 g/mol. The van der Waals surface area contributed by atoms with Crippen LogP contribution in [0.25, 0.3) is 0 Å². The van der Waals surface area contributed by atoms with Gasteiger partial charge in [0, 0.05) is 6.07 Å². The summed E-state index contributed by atoms with van der Waals surface area (Å²) in [5.74, 6) is -0.0355. The minimum atomic E-state index is -0.578. The summed E-state index contributed by atoms with van der Waals surface area (Å²) >= 11 is 0. The maximum absolute atomic E-state index is 10.4. The van der Waals surface area contributed by atoms with Crippen LogP contribution in [-0.4, -0.2) is 29.3 Å². The van der Waals surface area contributed by atoms with E-state index < -0.39 is 4.92 Å². The molecule has 6 heteroatoms. The van der Waals surface area contributed by atoms with Crippen LogP contribution in [0, 0.1) is 10.1 Å². The predicted octanol–water partition coefficient (Wildman–Crippen LogP) is 2.10. The Morgan fingerprint density at radius 3 is 2.65 bits per heavy atom. The number of nitrogens with zero attached hydrogens (tertiary/aromatic N) is 1. The molecule has 0 aromatic heterocycles. The van der Waals surface area contributed by atoms with E-state index in [4.69, 9.17) is 9.47 Å². The zero-order valence-corrected chi connectivity index (χ0v) is 9.75. The Balaban J connectivity index is 2.52. The number of non-ortho nitro benzene ring substituents is 1. The van der Waals surface area contributed by atoms with Crippen molar-refractivity contribution in [3.05, 3.63) is 28.3 Å². The molecule has 0 atom stereocenters. The normalized spacial score (nSPS) is 10.5. The smallest absolute Gasteiger partial charge is 0.273 e. The third kappa shape index (κ3) is 4.28. The van der Waals surface area contributed by atoms with Crippen molar-refractivity contribution in [2.75, 3.05) is 13.2 Å². The highest BCUT2D eigenvalue weighted by Crippen LogP contribution is 2.29. The number of benzene rings is 1. The molecule has 0 aliphatic carbocycles. The molecule has 0 aliphatic rings. The highest BCUT2D eigenvalue weighted by molar-refractivity contribution is 5.47. The minimum absolute atomic E-state index is 0.115. The molecule has 0 heterocycles. The fraction of sp³-hybridized carbons (Fsp3) is 0.455. The number of rotatable bonds is 6. The van der Waals surface area contributed by atoms with Gasteiger partial charge in [0.2, 0.25) is 0 Å². The van der Waals surface area contributed by atoms with Crippen LogP contribution < -0.4 is 4.74 Å². The first-order valence-corrected chi connectivity index (χ1v) is 5.22. The molecule has 1 aromatic carbocycles. The van der Waals surface area contributed by atoms with E-state index in [1.807, 2.05) is 13.8 Å². The fourth-order valence-corrected chi connectivity index (χ4v) is 1.18. The zero-order chi connectivity index (χ0) is 12.8. The van der Waals surface area contributed by atoms with Gasteiger partial charge in [0.05, 0.1) is 23.7 Å². The number of nitro benzene ring substituents is 1. The van der Waals surface area contributed by atoms with Gasteiger partial charge in [-0.1, -0.05) is 0 Å². The van der Waals surface area contributed by atoms with E-state index in [0.29, 0.717) is 6.61 Å². The average Bonchev–Trinajstić information content (AvgIpc) is 2.25. The van der Waals surface area contributed by atoms with Crippen molar-refractivity contribution in [1.29, 1.82) is 0 Å². The molecule has 0 bridgehead atoms.